The first kappa shape index (κ1) is 19.7. The van der Waals surface area contributed by atoms with E-state index in [1.54, 1.807) is 11.8 Å². The zero-order valence-corrected chi connectivity index (χ0v) is 13.8. The van der Waals surface area contributed by atoms with Crippen molar-refractivity contribution in [1.82, 2.24) is 10.6 Å². The lowest BCUT2D eigenvalue weighted by Crippen LogP contribution is -2.60. The van der Waals surface area contributed by atoms with Crippen LogP contribution in [-0.2, 0) is 14.4 Å². The molecule has 0 bridgehead atoms. The molecule has 0 aromatic rings. The highest BCUT2D eigenvalue weighted by Crippen LogP contribution is 2.07. The SMILES string of the molecule is CSCCC(NC(=O)C(CC(C)C)NC(=O)C[NH3+])C(N)=O. The number of hydrogen-bond donors (Lipinski definition) is 4. The smallest absolute Gasteiger partial charge is 0.275 e. The van der Waals surface area contributed by atoms with Gasteiger partial charge < -0.3 is 22.1 Å². The molecule has 0 aliphatic rings. The maximum atomic E-state index is 12.2. The molecule has 0 rings (SSSR count). The summed E-state index contributed by atoms with van der Waals surface area (Å²) in [7, 11) is 0. The summed E-state index contributed by atoms with van der Waals surface area (Å²) in [4.78, 5) is 35.1. The van der Waals surface area contributed by atoms with Crippen molar-refractivity contribution in [2.24, 2.45) is 11.7 Å². The van der Waals surface area contributed by atoms with Crippen molar-refractivity contribution in [2.45, 2.75) is 38.8 Å². The zero-order valence-electron chi connectivity index (χ0n) is 13.0. The van der Waals surface area contributed by atoms with Crippen molar-refractivity contribution in [2.75, 3.05) is 18.6 Å². The van der Waals surface area contributed by atoms with Crippen LogP contribution in [0.1, 0.15) is 26.7 Å². The molecular weight excluding hydrogens is 292 g/mol. The second-order valence-electron chi connectivity index (χ2n) is 5.24. The Morgan fingerprint density at radius 2 is 1.81 bits per heavy atom. The third-order valence-corrected chi connectivity index (χ3v) is 3.50. The summed E-state index contributed by atoms with van der Waals surface area (Å²) < 4.78 is 0. The molecule has 21 heavy (non-hydrogen) atoms. The molecule has 122 valence electrons. The molecule has 0 aliphatic carbocycles. The Kier molecular flexibility index (Phi) is 9.81. The lowest BCUT2D eigenvalue weighted by Gasteiger charge is -2.22. The predicted octanol–water partition coefficient (Wildman–Crippen LogP) is -1.52. The minimum atomic E-state index is -0.712. The van der Waals surface area contributed by atoms with Gasteiger partial charge in [0, 0.05) is 0 Å². The monoisotopic (exact) mass is 319 g/mol. The minimum absolute atomic E-state index is 0.0631. The molecule has 0 aromatic carbocycles. The number of rotatable bonds is 10. The van der Waals surface area contributed by atoms with Gasteiger partial charge in [-0.15, -0.1) is 0 Å². The fraction of sp³-hybridized carbons (Fsp3) is 0.769. The largest absolute Gasteiger partial charge is 0.368 e. The molecule has 2 atom stereocenters. The molecule has 0 saturated carbocycles. The molecule has 0 fully saturated rings. The first-order valence-corrected chi connectivity index (χ1v) is 8.38. The molecule has 0 heterocycles. The maximum Gasteiger partial charge on any atom is 0.275 e. The molecule has 0 aliphatic heterocycles. The molecule has 0 aromatic heterocycles. The van der Waals surface area contributed by atoms with Gasteiger partial charge in [0.05, 0.1) is 0 Å². The van der Waals surface area contributed by atoms with Gasteiger partial charge in [-0.1, -0.05) is 13.8 Å². The summed E-state index contributed by atoms with van der Waals surface area (Å²) in [6.07, 6.45) is 2.88. The molecule has 2 unspecified atom stereocenters. The van der Waals surface area contributed by atoms with Crippen molar-refractivity contribution in [1.29, 1.82) is 0 Å². The number of amides is 3. The van der Waals surface area contributed by atoms with Crippen molar-refractivity contribution in [3.05, 3.63) is 0 Å². The van der Waals surface area contributed by atoms with Gasteiger partial charge in [0.25, 0.3) is 5.91 Å². The van der Waals surface area contributed by atoms with Crippen LogP contribution in [0.5, 0.6) is 0 Å². The average molecular weight is 319 g/mol. The fourth-order valence-corrected chi connectivity index (χ4v) is 2.23. The molecule has 0 saturated heterocycles. The number of carbonyl (C=O) groups is 3. The van der Waals surface area contributed by atoms with E-state index < -0.39 is 18.0 Å². The second kappa shape index (κ2) is 10.4. The summed E-state index contributed by atoms with van der Waals surface area (Å²) >= 11 is 1.57. The maximum absolute atomic E-state index is 12.2. The van der Waals surface area contributed by atoms with Crippen LogP contribution in [0.2, 0.25) is 0 Å². The molecule has 0 radical (unpaired) electrons. The second-order valence-corrected chi connectivity index (χ2v) is 6.23. The number of hydrogen-bond acceptors (Lipinski definition) is 4. The lowest BCUT2D eigenvalue weighted by molar-refractivity contribution is -0.355. The van der Waals surface area contributed by atoms with E-state index in [-0.39, 0.29) is 24.3 Å². The first-order chi connectivity index (χ1) is 9.81. The highest BCUT2D eigenvalue weighted by molar-refractivity contribution is 7.98. The standard InChI is InChI=1S/C13H26N4O3S/c1-8(2)6-10(16-11(18)7-14)13(20)17-9(12(15)19)4-5-21-3/h8-10H,4-7,14H2,1-3H3,(H2,15,19)(H,16,18)(H,17,20)/p+1. The summed E-state index contributed by atoms with van der Waals surface area (Å²) in [5, 5.41) is 5.25. The average Bonchev–Trinajstić information content (AvgIpc) is 2.41. The van der Waals surface area contributed by atoms with Crippen LogP contribution >= 0.6 is 11.8 Å². The zero-order chi connectivity index (χ0) is 16.4. The van der Waals surface area contributed by atoms with Gasteiger partial charge >= 0.3 is 0 Å². The van der Waals surface area contributed by atoms with E-state index in [1.165, 1.54) is 0 Å². The Bertz CT molecular complexity index is 363. The summed E-state index contributed by atoms with van der Waals surface area (Å²) in [5.74, 6) is -0.298. The molecule has 7 N–H and O–H groups in total. The third-order valence-electron chi connectivity index (χ3n) is 2.86. The van der Waals surface area contributed by atoms with E-state index in [2.05, 4.69) is 16.4 Å². The van der Waals surface area contributed by atoms with E-state index in [0.717, 1.165) is 0 Å². The van der Waals surface area contributed by atoms with Crippen molar-refractivity contribution in [3.8, 4) is 0 Å². The van der Waals surface area contributed by atoms with E-state index in [9.17, 15) is 14.4 Å². The summed E-state index contributed by atoms with van der Waals surface area (Å²) in [5.41, 5.74) is 8.78. The lowest BCUT2D eigenvalue weighted by atomic mass is 10.0. The number of carbonyl (C=O) groups excluding carboxylic acids is 3. The number of nitrogens with one attached hydrogen (secondary N) is 2. The van der Waals surface area contributed by atoms with Gasteiger partial charge in [0.1, 0.15) is 12.1 Å². The Labute approximate surface area is 130 Å². The molecule has 8 heteroatoms. The van der Waals surface area contributed by atoms with Gasteiger partial charge in [-0.3, -0.25) is 14.4 Å². The quantitative estimate of drug-likeness (QED) is 0.390. The van der Waals surface area contributed by atoms with E-state index in [0.29, 0.717) is 18.6 Å². The first-order valence-electron chi connectivity index (χ1n) is 6.99. The van der Waals surface area contributed by atoms with Crippen LogP contribution in [-0.4, -0.2) is 48.4 Å². The van der Waals surface area contributed by atoms with Gasteiger partial charge in [-0.05, 0) is 30.8 Å². The molecule has 7 nitrogen and oxygen atoms in total. The van der Waals surface area contributed by atoms with Crippen LogP contribution in [0.4, 0.5) is 0 Å². The Morgan fingerprint density at radius 1 is 1.19 bits per heavy atom. The fourth-order valence-electron chi connectivity index (χ4n) is 1.76. The van der Waals surface area contributed by atoms with Crippen molar-refractivity contribution < 1.29 is 20.1 Å². The highest BCUT2D eigenvalue weighted by Gasteiger charge is 2.26. The molecular formula is C13H27N4O3S+. The van der Waals surface area contributed by atoms with E-state index in [1.807, 2.05) is 20.1 Å². The Morgan fingerprint density at radius 3 is 2.24 bits per heavy atom. The van der Waals surface area contributed by atoms with Crippen LogP contribution in [0.3, 0.4) is 0 Å². The predicted molar refractivity (Wildman–Crippen MR) is 83.3 cm³/mol. The van der Waals surface area contributed by atoms with Crippen molar-refractivity contribution >= 4 is 29.5 Å². The van der Waals surface area contributed by atoms with Crippen LogP contribution < -0.4 is 22.1 Å². The molecule has 0 spiro atoms. The topological polar surface area (TPSA) is 129 Å². The number of primary amides is 1. The summed E-state index contributed by atoms with van der Waals surface area (Å²) in [6, 6.07) is -1.38. The minimum Gasteiger partial charge on any atom is -0.368 e. The summed E-state index contributed by atoms with van der Waals surface area (Å²) in [6.45, 7) is 3.97. The number of quaternary nitrogens is 1. The van der Waals surface area contributed by atoms with Gasteiger partial charge in [-0.25, -0.2) is 0 Å². The van der Waals surface area contributed by atoms with E-state index >= 15 is 0 Å². The van der Waals surface area contributed by atoms with Crippen LogP contribution in [0, 0.1) is 5.92 Å². The highest BCUT2D eigenvalue weighted by atomic mass is 32.2. The third kappa shape index (κ3) is 8.56. The van der Waals surface area contributed by atoms with Crippen LogP contribution in [0.15, 0.2) is 0 Å². The van der Waals surface area contributed by atoms with Crippen molar-refractivity contribution in [3.63, 3.8) is 0 Å². The number of thioether (sulfide) groups is 1. The van der Waals surface area contributed by atoms with Gasteiger partial charge in [0.15, 0.2) is 6.54 Å². The Balaban J connectivity index is 4.75. The van der Waals surface area contributed by atoms with Gasteiger partial charge in [-0.2, -0.15) is 11.8 Å². The molecule has 3 amide bonds. The Hall–Kier alpha value is -1.28. The van der Waals surface area contributed by atoms with Gasteiger partial charge in [0.2, 0.25) is 11.8 Å². The van der Waals surface area contributed by atoms with E-state index in [4.69, 9.17) is 5.73 Å². The number of nitrogens with two attached hydrogens (primary N) is 1. The normalized spacial score (nSPS) is 13.6. The van der Waals surface area contributed by atoms with Crippen LogP contribution in [0.25, 0.3) is 0 Å².